The summed E-state index contributed by atoms with van der Waals surface area (Å²) in [5.41, 5.74) is 0.0737. The van der Waals surface area contributed by atoms with E-state index >= 15 is 0 Å². The van der Waals surface area contributed by atoms with Crippen molar-refractivity contribution in [3.63, 3.8) is 0 Å². The number of unbranched alkanes of at least 4 members (excludes halogenated alkanes) is 1. The molecular weight excluding hydrogens is 136 g/mol. The molecule has 0 saturated heterocycles. The van der Waals surface area contributed by atoms with E-state index in [4.69, 9.17) is 0 Å². The number of aldehydes is 1. The normalized spacial score (nSPS) is 20.5. The second-order valence-electron chi connectivity index (χ2n) is 3.44. The van der Waals surface area contributed by atoms with E-state index in [1.54, 1.807) is 0 Å². The predicted molar refractivity (Wildman–Crippen MR) is 46.4 cm³/mol. The molecule has 0 heterocycles. The molecule has 1 nitrogen and oxygen atoms in total. The molecule has 0 aromatic heterocycles. The van der Waals surface area contributed by atoms with E-state index in [1.807, 2.05) is 0 Å². The van der Waals surface area contributed by atoms with Gasteiger partial charge in [0.05, 0.1) is 0 Å². The molecule has 1 rings (SSSR count). The van der Waals surface area contributed by atoms with Gasteiger partial charge in [-0.25, -0.2) is 0 Å². The van der Waals surface area contributed by atoms with Gasteiger partial charge in [-0.05, 0) is 25.7 Å². The van der Waals surface area contributed by atoms with Crippen LogP contribution in [0.25, 0.3) is 0 Å². The molecule has 0 radical (unpaired) electrons. The average molecular weight is 152 g/mol. The van der Waals surface area contributed by atoms with Gasteiger partial charge in [-0.15, -0.1) is 0 Å². The van der Waals surface area contributed by atoms with Crippen LogP contribution >= 0.6 is 0 Å². The molecule has 0 amide bonds. The van der Waals surface area contributed by atoms with Gasteiger partial charge in [0.2, 0.25) is 0 Å². The molecule has 11 heavy (non-hydrogen) atoms. The zero-order valence-electron chi connectivity index (χ0n) is 7.18. The minimum absolute atomic E-state index is 0.0737. The van der Waals surface area contributed by atoms with Gasteiger partial charge in [-0.3, -0.25) is 0 Å². The van der Waals surface area contributed by atoms with E-state index in [2.05, 4.69) is 19.1 Å². The monoisotopic (exact) mass is 152 g/mol. The van der Waals surface area contributed by atoms with Crippen molar-refractivity contribution in [2.75, 3.05) is 0 Å². The summed E-state index contributed by atoms with van der Waals surface area (Å²) in [4.78, 5) is 10.5. The van der Waals surface area contributed by atoms with Crippen LogP contribution < -0.4 is 0 Å². The van der Waals surface area contributed by atoms with Gasteiger partial charge in [-0.1, -0.05) is 25.5 Å². The van der Waals surface area contributed by atoms with Crippen LogP contribution in [0.2, 0.25) is 0 Å². The Bertz CT molecular complexity index is 154. The fourth-order valence-corrected chi connectivity index (χ4v) is 1.13. The number of carbonyl (C=O) groups is 1. The molecule has 0 spiro atoms. The summed E-state index contributed by atoms with van der Waals surface area (Å²) < 4.78 is 0. The van der Waals surface area contributed by atoms with Crippen LogP contribution in [0.5, 0.6) is 0 Å². The Hall–Kier alpha value is -0.590. The van der Waals surface area contributed by atoms with Crippen LogP contribution in [-0.2, 0) is 4.79 Å². The zero-order valence-corrected chi connectivity index (χ0v) is 7.18. The van der Waals surface area contributed by atoms with Crippen LogP contribution in [-0.4, -0.2) is 6.29 Å². The number of rotatable bonds is 5. The molecule has 0 aromatic rings. The van der Waals surface area contributed by atoms with Gasteiger partial charge in [0.1, 0.15) is 6.29 Å². The first-order valence-electron chi connectivity index (χ1n) is 4.44. The molecule has 1 fully saturated rings. The van der Waals surface area contributed by atoms with Crippen molar-refractivity contribution in [3.05, 3.63) is 12.2 Å². The van der Waals surface area contributed by atoms with Crippen LogP contribution in [0.1, 0.15) is 39.0 Å². The Balaban J connectivity index is 2.16. The third-order valence-corrected chi connectivity index (χ3v) is 2.29. The molecule has 0 N–H and O–H groups in total. The minimum Gasteiger partial charge on any atom is -0.303 e. The van der Waals surface area contributed by atoms with Crippen molar-refractivity contribution in [1.29, 1.82) is 0 Å². The quantitative estimate of drug-likeness (QED) is 0.437. The SMILES string of the molecule is CCC/C=C/CC1(C=O)CC1. The summed E-state index contributed by atoms with van der Waals surface area (Å²) >= 11 is 0. The first kappa shape index (κ1) is 8.51. The summed E-state index contributed by atoms with van der Waals surface area (Å²) in [6.45, 7) is 2.16. The first-order chi connectivity index (χ1) is 5.33. The lowest BCUT2D eigenvalue weighted by molar-refractivity contribution is -0.112. The van der Waals surface area contributed by atoms with E-state index in [0.717, 1.165) is 32.0 Å². The zero-order chi connectivity index (χ0) is 8.16. The third kappa shape index (κ3) is 2.49. The minimum atomic E-state index is 0.0737. The molecule has 1 aliphatic rings. The molecule has 0 bridgehead atoms. The molecule has 1 saturated carbocycles. The van der Waals surface area contributed by atoms with Crippen molar-refractivity contribution in [2.45, 2.75) is 39.0 Å². The van der Waals surface area contributed by atoms with Crippen LogP contribution in [0, 0.1) is 5.41 Å². The molecule has 0 aliphatic heterocycles. The topological polar surface area (TPSA) is 17.1 Å². The standard InChI is InChI=1S/C10H16O/c1-2-3-4-5-6-10(9-11)7-8-10/h4-5,9H,2-3,6-8H2,1H3/b5-4+. The first-order valence-corrected chi connectivity index (χ1v) is 4.44. The Morgan fingerprint density at radius 2 is 2.09 bits per heavy atom. The van der Waals surface area contributed by atoms with Gasteiger partial charge in [0, 0.05) is 5.41 Å². The summed E-state index contributed by atoms with van der Waals surface area (Å²) in [6, 6.07) is 0. The number of carbonyl (C=O) groups excluding carboxylic acids is 1. The van der Waals surface area contributed by atoms with Gasteiger partial charge in [0.25, 0.3) is 0 Å². The maximum Gasteiger partial charge on any atom is 0.126 e. The van der Waals surface area contributed by atoms with Gasteiger partial charge in [0.15, 0.2) is 0 Å². The highest BCUT2D eigenvalue weighted by Gasteiger charge is 2.40. The van der Waals surface area contributed by atoms with Crippen LogP contribution in [0.3, 0.4) is 0 Å². The number of hydrogen-bond acceptors (Lipinski definition) is 1. The highest BCUT2D eigenvalue weighted by atomic mass is 16.1. The van der Waals surface area contributed by atoms with Crippen molar-refractivity contribution < 1.29 is 4.79 Å². The fraction of sp³-hybridized carbons (Fsp3) is 0.700. The fourth-order valence-electron chi connectivity index (χ4n) is 1.13. The maximum atomic E-state index is 10.5. The third-order valence-electron chi connectivity index (χ3n) is 2.29. The van der Waals surface area contributed by atoms with Crippen molar-refractivity contribution in [2.24, 2.45) is 5.41 Å². The van der Waals surface area contributed by atoms with E-state index < -0.39 is 0 Å². The van der Waals surface area contributed by atoms with E-state index in [0.29, 0.717) is 0 Å². The van der Waals surface area contributed by atoms with Crippen molar-refractivity contribution >= 4 is 6.29 Å². The highest BCUT2D eigenvalue weighted by Crippen LogP contribution is 2.46. The summed E-state index contributed by atoms with van der Waals surface area (Å²) in [5.74, 6) is 0. The Labute approximate surface area is 68.5 Å². The second-order valence-corrected chi connectivity index (χ2v) is 3.44. The molecule has 0 atom stereocenters. The number of hydrogen-bond donors (Lipinski definition) is 0. The largest absolute Gasteiger partial charge is 0.303 e. The van der Waals surface area contributed by atoms with Gasteiger partial charge >= 0.3 is 0 Å². The average Bonchev–Trinajstić information content (AvgIpc) is 2.80. The Morgan fingerprint density at radius 3 is 2.55 bits per heavy atom. The van der Waals surface area contributed by atoms with Crippen molar-refractivity contribution in [3.8, 4) is 0 Å². The Kier molecular flexibility index (Phi) is 2.86. The molecule has 0 unspecified atom stereocenters. The lowest BCUT2D eigenvalue weighted by Gasteiger charge is -1.99. The summed E-state index contributed by atoms with van der Waals surface area (Å²) in [7, 11) is 0. The van der Waals surface area contributed by atoms with Gasteiger partial charge < -0.3 is 4.79 Å². The van der Waals surface area contributed by atoms with E-state index in [1.165, 1.54) is 6.42 Å². The molecular formula is C10H16O. The lowest BCUT2D eigenvalue weighted by atomic mass is 10.0. The van der Waals surface area contributed by atoms with Crippen LogP contribution in [0.15, 0.2) is 12.2 Å². The molecule has 0 aromatic carbocycles. The summed E-state index contributed by atoms with van der Waals surface area (Å²) in [5, 5.41) is 0. The predicted octanol–water partition coefficient (Wildman–Crippen LogP) is 2.71. The van der Waals surface area contributed by atoms with Crippen LogP contribution in [0.4, 0.5) is 0 Å². The molecule has 1 aliphatic carbocycles. The summed E-state index contributed by atoms with van der Waals surface area (Å²) in [6.07, 6.45) is 11.0. The number of allylic oxidation sites excluding steroid dienone is 2. The highest BCUT2D eigenvalue weighted by molar-refractivity contribution is 5.63. The lowest BCUT2D eigenvalue weighted by Crippen LogP contribution is -1.98. The van der Waals surface area contributed by atoms with Crippen molar-refractivity contribution in [1.82, 2.24) is 0 Å². The Morgan fingerprint density at radius 1 is 1.36 bits per heavy atom. The molecule has 1 heteroatoms. The van der Waals surface area contributed by atoms with E-state index in [9.17, 15) is 4.79 Å². The van der Waals surface area contributed by atoms with E-state index in [-0.39, 0.29) is 5.41 Å². The second kappa shape index (κ2) is 3.70. The molecule has 62 valence electrons. The maximum absolute atomic E-state index is 10.5. The smallest absolute Gasteiger partial charge is 0.126 e. The van der Waals surface area contributed by atoms with Gasteiger partial charge in [-0.2, -0.15) is 0 Å².